The SMILES string of the molecule is CNC(C(=O)N[C@H](C(=O)N(C)[C@H](/C=C(\C)C(=O)O)C(C)C)C(C)(C)C)C(C)(C)c1ccc(C(=O)OC(C)(C)C)cc1. The van der Waals surface area contributed by atoms with Crippen molar-refractivity contribution in [1.29, 1.82) is 0 Å². The van der Waals surface area contributed by atoms with Gasteiger partial charge in [-0.25, -0.2) is 9.59 Å². The van der Waals surface area contributed by atoms with Gasteiger partial charge in [-0.2, -0.15) is 0 Å². The van der Waals surface area contributed by atoms with Crippen LogP contribution in [0.4, 0.5) is 0 Å². The van der Waals surface area contributed by atoms with E-state index in [0.29, 0.717) is 5.56 Å². The van der Waals surface area contributed by atoms with Gasteiger partial charge in [0.15, 0.2) is 0 Å². The van der Waals surface area contributed by atoms with Gasteiger partial charge in [0.05, 0.1) is 17.6 Å². The molecule has 0 aromatic heterocycles. The number of nitrogens with one attached hydrogen (secondary N) is 2. The van der Waals surface area contributed by atoms with Crippen LogP contribution in [0, 0.1) is 11.3 Å². The Kier molecular flexibility index (Phi) is 11.9. The summed E-state index contributed by atoms with van der Waals surface area (Å²) in [4.78, 5) is 53.0. The lowest BCUT2D eigenvalue weighted by Gasteiger charge is -2.40. The van der Waals surface area contributed by atoms with Crippen LogP contribution in [0.1, 0.15) is 92.1 Å². The van der Waals surface area contributed by atoms with Crippen LogP contribution in [-0.4, -0.2) is 71.6 Å². The molecule has 0 spiro atoms. The maximum Gasteiger partial charge on any atom is 0.338 e. The third-order valence-corrected chi connectivity index (χ3v) is 7.17. The van der Waals surface area contributed by atoms with Gasteiger partial charge in [-0.3, -0.25) is 9.59 Å². The number of likely N-dealkylation sites (N-methyl/N-ethyl adjacent to an activating group) is 2. The van der Waals surface area contributed by atoms with Crippen molar-refractivity contribution < 1.29 is 29.0 Å². The summed E-state index contributed by atoms with van der Waals surface area (Å²) in [7, 11) is 3.32. The molecule has 1 aromatic rings. The zero-order chi connectivity index (χ0) is 32.1. The molecule has 1 rings (SSSR count). The van der Waals surface area contributed by atoms with Crippen LogP contribution < -0.4 is 10.6 Å². The number of carboxylic acid groups (broad SMARTS) is 1. The first-order valence-corrected chi connectivity index (χ1v) is 14.0. The minimum Gasteiger partial charge on any atom is -0.478 e. The van der Waals surface area contributed by atoms with E-state index in [2.05, 4.69) is 10.6 Å². The number of ether oxygens (including phenoxy) is 1. The quantitative estimate of drug-likeness (QED) is 0.262. The molecule has 0 aliphatic rings. The van der Waals surface area contributed by atoms with Crippen LogP contribution >= 0.6 is 0 Å². The number of hydrogen-bond donors (Lipinski definition) is 3. The molecule has 9 nitrogen and oxygen atoms in total. The van der Waals surface area contributed by atoms with E-state index < -0.39 is 46.5 Å². The molecule has 230 valence electrons. The highest BCUT2D eigenvalue weighted by Gasteiger charge is 2.41. The Morgan fingerprint density at radius 2 is 1.44 bits per heavy atom. The van der Waals surface area contributed by atoms with Crippen LogP contribution in [0.25, 0.3) is 0 Å². The van der Waals surface area contributed by atoms with Gasteiger partial charge >= 0.3 is 11.9 Å². The van der Waals surface area contributed by atoms with Crippen LogP contribution in [0.5, 0.6) is 0 Å². The molecule has 9 heteroatoms. The number of carboxylic acids is 1. The van der Waals surface area contributed by atoms with Crippen molar-refractivity contribution in [2.45, 2.75) is 105 Å². The van der Waals surface area contributed by atoms with Crippen LogP contribution in [-0.2, 0) is 24.5 Å². The van der Waals surface area contributed by atoms with E-state index in [1.54, 1.807) is 44.4 Å². The van der Waals surface area contributed by atoms with Crippen molar-refractivity contribution in [1.82, 2.24) is 15.5 Å². The van der Waals surface area contributed by atoms with Crippen molar-refractivity contribution in [3.8, 4) is 0 Å². The normalized spacial score (nSPS) is 15.1. The number of amides is 2. The number of rotatable bonds is 11. The van der Waals surface area contributed by atoms with E-state index in [0.717, 1.165) is 5.56 Å². The standard InChI is InChI=1S/C32H51N3O6/c1-19(2)23(18-20(3)28(38)39)35(13)27(37)25(30(4,5)6)34-26(36)24(33-12)32(10,11)22-16-14-21(15-17-22)29(40)41-31(7,8)9/h14-19,23-25,33H,1-13H3,(H,34,36)(H,38,39)/b20-18+/t23-,24?,25-/m1/s1. The fourth-order valence-electron chi connectivity index (χ4n) is 4.66. The number of carbonyl (C=O) groups is 4. The molecular formula is C32H51N3O6. The molecule has 0 saturated heterocycles. The lowest BCUT2D eigenvalue weighted by atomic mass is 9.76. The monoisotopic (exact) mass is 573 g/mol. The molecule has 0 bridgehead atoms. The highest BCUT2D eigenvalue weighted by atomic mass is 16.6. The van der Waals surface area contributed by atoms with E-state index in [9.17, 15) is 24.3 Å². The van der Waals surface area contributed by atoms with E-state index in [1.807, 2.05) is 69.2 Å². The molecule has 0 heterocycles. The zero-order valence-electron chi connectivity index (χ0n) is 27.1. The second kappa shape index (κ2) is 13.6. The van der Waals surface area contributed by atoms with Gasteiger partial charge in [-0.1, -0.05) is 66.7 Å². The van der Waals surface area contributed by atoms with Crippen molar-refractivity contribution in [3.63, 3.8) is 0 Å². The molecule has 41 heavy (non-hydrogen) atoms. The maximum atomic E-state index is 13.8. The Hall–Kier alpha value is -3.20. The number of carbonyl (C=O) groups excluding carboxylic acids is 3. The molecule has 3 N–H and O–H groups in total. The summed E-state index contributed by atoms with van der Waals surface area (Å²) in [5.74, 6) is -2.19. The van der Waals surface area contributed by atoms with Crippen LogP contribution in [0.3, 0.4) is 0 Å². The molecule has 0 aliphatic heterocycles. The average Bonchev–Trinajstić information content (AvgIpc) is 2.83. The number of nitrogens with zero attached hydrogens (tertiary/aromatic N) is 1. The molecule has 2 amide bonds. The van der Waals surface area contributed by atoms with Gasteiger partial charge in [-0.05, 0) is 63.8 Å². The topological polar surface area (TPSA) is 125 Å². The Bertz CT molecular complexity index is 1120. The summed E-state index contributed by atoms with van der Waals surface area (Å²) in [6, 6.07) is 4.92. The molecule has 0 aliphatic carbocycles. The lowest BCUT2D eigenvalue weighted by molar-refractivity contribution is -0.141. The predicted octanol–water partition coefficient (Wildman–Crippen LogP) is 4.55. The number of benzene rings is 1. The number of hydrogen-bond acceptors (Lipinski definition) is 6. The van der Waals surface area contributed by atoms with Gasteiger partial charge in [0.25, 0.3) is 0 Å². The molecule has 0 radical (unpaired) electrons. The molecule has 0 saturated carbocycles. The predicted molar refractivity (Wildman–Crippen MR) is 162 cm³/mol. The largest absolute Gasteiger partial charge is 0.478 e. The summed E-state index contributed by atoms with van der Waals surface area (Å²) in [5.41, 5.74) is -0.576. The second-order valence-corrected chi connectivity index (χ2v) is 13.7. The van der Waals surface area contributed by atoms with Gasteiger partial charge in [-0.15, -0.1) is 0 Å². The molecule has 0 fully saturated rings. The highest BCUT2D eigenvalue weighted by molar-refractivity contribution is 5.92. The van der Waals surface area contributed by atoms with Gasteiger partial charge < -0.3 is 25.4 Å². The van der Waals surface area contributed by atoms with Gasteiger partial charge in [0, 0.05) is 18.0 Å². The van der Waals surface area contributed by atoms with E-state index in [1.165, 1.54) is 11.8 Å². The summed E-state index contributed by atoms with van der Waals surface area (Å²) in [6.07, 6.45) is 1.58. The minimum absolute atomic E-state index is 0.0535. The smallest absolute Gasteiger partial charge is 0.338 e. The van der Waals surface area contributed by atoms with Crippen molar-refractivity contribution >= 4 is 23.8 Å². The van der Waals surface area contributed by atoms with Crippen molar-refractivity contribution in [2.24, 2.45) is 11.3 Å². The van der Waals surface area contributed by atoms with E-state index in [-0.39, 0.29) is 23.3 Å². The van der Waals surface area contributed by atoms with E-state index >= 15 is 0 Å². The second-order valence-electron chi connectivity index (χ2n) is 13.7. The van der Waals surface area contributed by atoms with Gasteiger partial charge in [0.2, 0.25) is 11.8 Å². The zero-order valence-corrected chi connectivity index (χ0v) is 27.1. The Morgan fingerprint density at radius 3 is 1.83 bits per heavy atom. The molecule has 3 atom stereocenters. The maximum absolute atomic E-state index is 13.8. The molecule has 1 aromatic carbocycles. The Labute approximate surface area is 246 Å². The minimum atomic E-state index is -1.05. The van der Waals surface area contributed by atoms with Crippen LogP contribution in [0.15, 0.2) is 35.9 Å². The summed E-state index contributed by atoms with van der Waals surface area (Å²) >= 11 is 0. The van der Waals surface area contributed by atoms with Crippen LogP contribution in [0.2, 0.25) is 0 Å². The fourth-order valence-corrected chi connectivity index (χ4v) is 4.66. The summed E-state index contributed by atoms with van der Waals surface area (Å²) in [6.45, 7) is 20.2. The number of esters is 1. The van der Waals surface area contributed by atoms with Gasteiger partial charge in [0.1, 0.15) is 11.6 Å². The first kappa shape index (κ1) is 35.8. The Morgan fingerprint density at radius 1 is 0.927 bits per heavy atom. The van der Waals surface area contributed by atoms with E-state index in [4.69, 9.17) is 4.74 Å². The fraction of sp³-hybridized carbons (Fsp3) is 0.625. The van der Waals surface area contributed by atoms with Crippen molar-refractivity contribution in [2.75, 3.05) is 14.1 Å². The first-order valence-electron chi connectivity index (χ1n) is 14.0. The third kappa shape index (κ3) is 9.69. The van der Waals surface area contributed by atoms with Crippen molar-refractivity contribution in [3.05, 3.63) is 47.0 Å². The first-order chi connectivity index (χ1) is 18.5. The Balaban J connectivity index is 3.31. The summed E-state index contributed by atoms with van der Waals surface area (Å²) < 4.78 is 5.45. The highest BCUT2D eigenvalue weighted by Crippen LogP contribution is 2.30. The average molecular weight is 574 g/mol. The molecular weight excluding hydrogens is 522 g/mol. The lowest BCUT2D eigenvalue weighted by Crippen LogP contribution is -2.61. The molecule has 1 unspecified atom stereocenters. The third-order valence-electron chi connectivity index (χ3n) is 7.17. The summed E-state index contributed by atoms with van der Waals surface area (Å²) in [5, 5.41) is 15.5. The number of aliphatic carboxylic acids is 1.